The molecule has 0 aromatic heterocycles. The Morgan fingerprint density at radius 1 is 0.215 bits per heavy atom. The predicted molar refractivity (Wildman–Crippen MR) is 228 cm³/mol. The monoisotopic (exact) mass is 1160 g/mol. The van der Waals surface area contributed by atoms with Crippen molar-refractivity contribution in [2.75, 3.05) is 0 Å². The largest absolute Gasteiger partial charge is 0.707 e. The van der Waals surface area contributed by atoms with Crippen LogP contribution in [0.2, 0.25) is 0 Å². The third kappa shape index (κ3) is 16.7. The molecule has 0 saturated carbocycles. The molecule has 7 aromatic carbocycles. The van der Waals surface area contributed by atoms with Crippen LogP contribution in [0.4, 0.5) is 87.8 Å². The Morgan fingerprint density at radius 3 is 0.468 bits per heavy atom. The quantitative estimate of drug-likeness (QED) is 0.0206. The first-order valence-corrected chi connectivity index (χ1v) is 20.2. The molecule has 7 aromatic rings. The van der Waals surface area contributed by atoms with Crippen molar-refractivity contribution in [2.45, 2.75) is 5.92 Å². The van der Waals surface area contributed by atoms with Crippen LogP contribution in [0.1, 0.15) is 22.6 Å². The molecule has 0 unspecified atom stereocenters. The van der Waals surface area contributed by atoms with E-state index in [1.54, 1.807) is 0 Å². The van der Waals surface area contributed by atoms with Gasteiger partial charge in [0.15, 0.2) is 23.0 Å². The number of halogens is 20. The van der Waals surface area contributed by atoms with Gasteiger partial charge in [-0.3, -0.25) is 0 Å². The molecule has 0 heterocycles. The van der Waals surface area contributed by atoms with Crippen molar-refractivity contribution >= 4 is 29.3 Å². The van der Waals surface area contributed by atoms with Crippen molar-refractivity contribution < 1.29 is 147 Å². The first-order chi connectivity index (χ1) is 36.9. The highest BCUT2D eigenvalue weighted by molar-refractivity contribution is 6.34. The third-order valence-corrected chi connectivity index (χ3v) is 8.97. The molecule has 420 valence electrons. The van der Waals surface area contributed by atoms with Gasteiger partial charge in [0.1, 0.15) is 0 Å². The van der Waals surface area contributed by atoms with Crippen LogP contribution in [-0.2, 0) is 0 Å². The minimum absolute atomic E-state index is 0.309. The van der Waals surface area contributed by atoms with Gasteiger partial charge in [0, 0.05) is 5.92 Å². The van der Waals surface area contributed by atoms with Gasteiger partial charge in [-0.2, -0.15) is 35.1 Å². The fraction of sp³-hybridized carbons (Fsp3) is 0.0233. The molecule has 0 amide bonds. The molecule has 12 nitrogen and oxygen atoms in total. The molecule has 0 fully saturated rings. The highest BCUT2D eigenvalue weighted by Crippen LogP contribution is 2.34. The maximum absolute atomic E-state index is 12.7. The van der Waals surface area contributed by atoms with Gasteiger partial charge in [-0.15, -0.1) is 0 Å². The fourth-order valence-corrected chi connectivity index (χ4v) is 5.69. The lowest BCUT2D eigenvalue weighted by Gasteiger charge is -2.18. The zero-order chi connectivity index (χ0) is 59.9. The summed E-state index contributed by atoms with van der Waals surface area (Å²) in [7, 11) is -10.8. The lowest BCUT2D eigenvalue weighted by Crippen LogP contribution is -2.23. The molecule has 0 aliphatic heterocycles. The fourth-order valence-electron chi connectivity index (χ4n) is 5.69. The molecule has 0 aliphatic carbocycles. The van der Waals surface area contributed by atoms with E-state index in [2.05, 4.69) is 110 Å². The van der Waals surface area contributed by atoms with Crippen molar-refractivity contribution in [2.24, 2.45) is 0 Å². The minimum atomic E-state index is -2.70. The van der Waals surface area contributed by atoms with Gasteiger partial charge in [0.2, 0.25) is 116 Å². The van der Waals surface area contributed by atoms with E-state index in [-0.39, 0.29) is 0 Å². The summed E-state index contributed by atoms with van der Waals surface area (Å²) in [5, 5.41) is 65.3. The second kappa shape index (κ2) is 29.3. The van der Waals surface area contributed by atoms with Crippen molar-refractivity contribution in [1.29, 1.82) is 0 Å². The minimum Gasteiger partial charge on any atom is -0.507 e. The van der Waals surface area contributed by atoms with E-state index in [1.165, 1.54) is 16.7 Å². The highest BCUT2D eigenvalue weighted by atomic mass is 19.2. The summed E-state index contributed by atoms with van der Waals surface area (Å²) in [5.41, 5.74) is 4.00. The maximum atomic E-state index is 12.7. The van der Waals surface area contributed by atoms with Gasteiger partial charge in [0.05, 0.1) is 0 Å². The van der Waals surface area contributed by atoms with E-state index in [0.29, 0.717) is 5.92 Å². The molecule has 7 rings (SSSR count). The van der Waals surface area contributed by atoms with Crippen LogP contribution in [-0.4, -0.2) is 69.5 Å². The summed E-state index contributed by atoms with van der Waals surface area (Å²) < 4.78 is 265. The van der Waals surface area contributed by atoms with Crippen LogP contribution < -0.4 is 18.6 Å². The molecular formula is C43H24B4F20O12. The van der Waals surface area contributed by atoms with Crippen LogP contribution in [0.25, 0.3) is 0 Å². The van der Waals surface area contributed by atoms with Gasteiger partial charge in [-0.1, -0.05) is 91.0 Å². The summed E-state index contributed by atoms with van der Waals surface area (Å²) in [6.45, 7) is 0. The highest BCUT2D eigenvalue weighted by Gasteiger charge is 2.33. The molecule has 0 spiro atoms. The summed E-state index contributed by atoms with van der Waals surface area (Å²) >= 11 is 0. The first kappa shape index (κ1) is 65.6. The van der Waals surface area contributed by atoms with Gasteiger partial charge in [-0.25, -0.2) is 52.7 Å². The Morgan fingerprint density at radius 2 is 0.342 bits per heavy atom. The molecule has 0 aliphatic rings. The number of benzene rings is 7. The number of hydrogen-bond acceptors (Lipinski definition) is 12. The molecule has 8 N–H and O–H groups in total. The third-order valence-electron chi connectivity index (χ3n) is 8.97. The summed E-state index contributed by atoms with van der Waals surface area (Å²) in [6.07, 6.45) is 0. The molecule has 0 bridgehead atoms. The van der Waals surface area contributed by atoms with E-state index in [0.717, 1.165) is 0 Å². The molecular weight excluding hydrogens is 1130 g/mol. The van der Waals surface area contributed by atoms with Gasteiger partial charge < -0.3 is 58.8 Å². The Bertz CT molecular complexity index is 2670. The van der Waals surface area contributed by atoms with E-state index in [4.69, 9.17) is 40.2 Å². The van der Waals surface area contributed by atoms with Crippen LogP contribution in [0, 0.1) is 116 Å². The van der Waals surface area contributed by atoms with Gasteiger partial charge >= 0.3 is 29.3 Å². The van der Waals surface area contributed by atoms with Crippen LogP contribution >= 0.6 is 0 Å². The SMILES string of the molecule is OB(O)Oc1c(F)c(F)c(F)c(F)c1F.OB(O)Oc1c(F)c(F)c(F)c(F)c1F.OB(O)Oc1c(F)c(F)c(F)c(F)c1F.OB(O)Oc1c(F)c(F)c(F)c(F)c1F.c1ccc(C(c2ccccc2)c2ccccc2)cc1. The van der Waals surface area contributed by atoms with E-state index in [9.17, 15) is 87.8 Å². The Kier molecular flexibility index (Phi) is 24.3. The average Bonchev–Trinajstić information content (AvgIpc) is 3.42. The smallest absolute Gasteiger partial charge is 0.507 e. The zero-order valence-electron chi connectivity index (χ0n) is 37.8. The van der Waals surface area contributed by atoms with Crippen LogP contribution in [0.15, 0.2) is 91.0 Å². The summed E-state index contributed by atoms with van der Waals surface area (Å²) in [5.74, 6) is -52.2. The second-order valence-electron chi connectivity index (χ2n) is 14.0. The normalized spacial score (nSPS) is 10.4. The standard InChI is InChI=1S/C19H16.4C6H2BF5O3/c1-4-10-16(11-5-1)19(17-12-6-2-7-13-17)18-14-8-3-9-15-18;4*8-1-2(9)4(11)6(15-7(13)14)5(12)3(1)10/h1-15,19H;4*13-14H. The Balaban J connectivity index is 0.000000261. The van der Waals surface area contributed by atoms with E-state index < -0.39 is 169 Å². The average molecular weight is 1160 g/mol. The molecule has 79 heavy (non-hydrogen) atoms. The van der Waals surface area contributed by atoms with Crippen LogP contribution in [0.5, 0.6) is 23.0 Å². The Hall–Kier alpha value is -7.72. The number of hydrogen-bond donors (Lipinski definition) is 8. The van der Waals surface area contributed by atoms with E-state index >= 15 is 0 Å². The second-order valence-corrected chi connectivity index (χ2v) is 14.0. The van der Waals surface area contributed by atoms with Crippen LogP contribution in [0.3, 0.4) is 0 Å². The Labute approximate surface area is 428 Å². The molecule has 0 radical (unpaired) electrons. The predicted octanol–water partition coefficient (Wildman–Crippen LogP) is 7.79. The van der Waals surface area contributed by atoms with Gasteiger partial charge in [0.25, 0.3) is 0 Å². The maximum Gasteiger partial charge on any atom is 0.707 e. The first-order valence-electron chi connectivity index (χ1n) is 20.2. The lowest BCUT2D eigenvalue weighted by molar-refractivity contribution is 0.262. The van der Waals surface area contributed by atoms with E-state index in [1.807, 2.05) is 0 Å². The van der Waals surface area contributed by atoms with Crippen molar-refractivity contribution in [3.05, 3.63) is 224 Å². The summed E-state index contributed by atoms with van der Waals surface area (Å²) in [6, 6.07) is 32.0. The van der Waals surface area contributed by atoms with Crippen molar-refractivity contribution in [3.63, 3.8) is 0 Å². The topological polar surface area (TPSA) is 199 Å². The molecule has 0 atom stereocenters. The molecule has 36 heteroatoms. The summed E-state index contributed by atoms with van der Waals surface area (Å²) in [4.78, 5) is 0. The van der Waals surface area contributed by atoms with Gasteiger partial charge in [-0.05, 0) is 16.7 Å². The zero-order valence-corrected chi connectivity index (χ0v) is 37.8. The lowest BCUT2D eigenvalue weighted by atomic mass is 9.85. The van der Waals surface area contributed by atoms with Crippen molar-refractivity contribution in [3.8, 4) is 23.0 Å². The number of rotatable bonds is 11. The molecule has 0 saturated heterocycles. The van der Waals surface area contributed by atoms with Crippen molar-refractivity contribution in [1.82, 2.24) is 0 Å².